The van der Waals surface area contributed by atoms with Gasteiger partial charge in [0.1, 0.15) is 5.82 Å². The number of likely N-dealkylation sites (tertiary alicyclic amines) is 1. The average molecular weight is 326 g/mol. The Hall–Kier alpha value is -2.58. The molecule has 1 fully saturated rings. The van der Waals surface area contributed by atoms with Gasteiger partial charge in [-0.1, -0.05) is 5.10 Å². The molecule has 3 rings (SSSR count). The standard InChI is InChI=1S/C14H13F3N4O2/c15-10-6-8(2-3-9(10)12(16)17)13-19-20-14(23-13)18-7-11(22)21-4-1-5-21/h2-3,6,12H,1,4-5,7H2,(H,18,20). The summed E-state index contributed by atoms with van der Waals surface area (Å²) in [6.45, 7) is 1.50. The molecule has 0 radical (unpaired) electrons. The molecule has 2 aromatic rings. The van der Waals surface area contributed by atoms with Crippen LogP contribution in [0.15, 0.2) is 22.6 Å². The fourth-order valence-electron chi connectivity index (χ4n) is 2.08. The quantitative estimate of drug-likeness (QED) is 0.914. The molecular formula is C14H13F3N4O2. The summed E-state index contributed by atoms with van der Waals surface area (Å²) in [5, 5.41) is 10.1. The van der Waals surface area contributed by atoms with Crippen LogP contribution >= 0.6 is 0 Å². The van der Waals surface area contributed by atoms with E-state index < -0.39 is 17.8 Å². The van der Waals surface area contributed by atoms with E-state index in [1.807, 2.05) is 0 Å². The molecule has 0 aliphatic carbocycles. The van der Waals surface area contributed by atoms with Crippen molar-refractivity contribution in [2.24, 2.45) is 0 Å². The molecule has 1 aromatic heterocycles. The number of carbonyl (C=O) groups excluding carboxylic acids is 1. The molecule has 1 amide bonds. The number of rotatable bonds is 5. The molecule has 0 saturated carbocycles. The maximum absolute atomic E-state index is 13.5. The zero-order valence-electron chi connectivity index (χ0n) is 11.9. The molecular weight excluding hydrogens is 313 g/mol. The molecule has 1 N–H and O–H groups in total. The molecule has 1 saturated heterocycles. The third-order valence-corrected chi connectivity index (χ3v) is 3.51. The van der Waals surface area contributed by atoms with Crippen LogP contribution < -0.4 is 5.32 Å². The summed E-state index contributed by atoms with van der Waals surface area (Å²) in [4.78, 5) is 13.4. The van der Waals surface area contributed by atoms with Gasteiger partial charge >= 0.3 is 6.01 Å². The first kappa shape index (κ1) is 15.3. The fraction of sp³-hybridized carbons (Fsp3) is 0.357. The van der Waals surface area contributed by atoms with E-state index in [0.29, 0.717) is 0 Å². The summed E-state index contributed by atoms with van der Waals surface area (Å²) in [5.74, 6) is -1.15. The first-order valence-corrected chi connectivity index (χ1v) is 6.97. The van der Waals surface area contributed by atoms with E-state index in [0.717, 1.165) is 31.6 Å². The third-order valence-electron chi connectivity index (χ3n) is 3.51. The number of hydrogen-bond donors (Lipinski definition) is 1. The Morgan fingerprint density at radius 1 is 1.35 bits per heavy atom. The summed E-state index contributed by atoms with van der Waals surface area (Å²) in [7, 11) is 0. The highest BCUT2D eigenvalue weighted by Gasteiger charge is 2.20. The Balaban J connectivity index is 1.66. The summed E-state index contributed by atoms with van der Waals surface area (Å²) in [6, 6.07) is 3.16. The lowest BCUT2D eigenvalue weighted by molar-refractivity contribution is -0.132. The smallest absolute Gasteiger partial charge is 0.316 e. The molecule has 0 atom stereocenters. The monoisotopic (exact) mass is 326 g/mol. The Morgan fingerprint density at radius 2 is 2.13 bits per heavy atom. The van der Waals surface area contributed by atoms with Gasteiger partial charge in [-0.3, -0.25) is 4.79 Å². The van der Waals surface area contributed by atoms with Crippen LogP contribution in [0.5, 0.6) is 0 Å². The Morgan fingerprint density at radius 3 is 2.74 bits per heavy atom. The predicted molar refractivity (Wildman–Crippen MR) is 74.3 cm³/mol. The zero-order chi connectivity index (χ0) is 16.4. The van der Waals surface area contributed by atoms with Crippen molar-refractivity contribution in [3.05, 3.63) is 29.6 Å². The molecule has 122 valence electrons. The number of nitrogens with zero attached hydrogens (tertiary/aromatic N) is 3. The molecule has 0 bridgehead atoms. The van der Waals surface area contributed by atoms with Crippen molar-refractivity contribution in [1.82, 2.24) is 15.1 Å². The van der Waals surface area contributed by atoms with E-state index in [1.54, 1.807) is 4.90 Å². The lowest BCUT2D eigenvalue weighted by Crippen LogP contribution is -2.44. The van der Waals surface area contributed by atoms with Crippen molar-refractivity contribution >= 4 is 11.9 Å². The van der Waals surface area contributed by atoms with Crippen LogP contribution in [-0.2, 0) is 4.79 Å². The van der Waals surface area contributed by atoms with E-state index in [4.69, 9.17) is 4.42 Å². The van der Waals surface area contributed by atoms with E-state index in [-0.39, 0.29) is 29.9 Å². The highest BCUT2D eigenvalue weighted by atomic mass is 19.3. The van der Waals surface area contributed by atoms with Crippen molar-refractivity contribution in [2.75, 3.05) is 25.0 Å². The number of alkyl halides is 2. The summed E-state index contributed by atoms with van der Waals surface area (Å²) in [6.07, 6.45) is -1.90. The van der Waals surface area contributed by atoms with Gasteiger partial charge in [-0.25, -0.2) is 13.2 Å². The van der Waals surface area contributed by atoms with E-state index >= 15 is 0 Å². The number of carbonyl (C=O) groups is 1. The van der Waals surface area contributed by atoms with E-state index in [9.17, 15) is 18.0 Å². The first-order chi connectivity index (χ1) is 11.0. The Labute approximate surface area is 129 Å². The van der Waals surface area contributed by atoms with Crippen LogP contribution in [0.2, 0.25) is 0 Å². The average Bonchev–Trinajstić information content (AvgIpc) is 2.91. The van der Waals surface area contributed by atoms with E-state index in [2.05, 4.69) is 15.5 Å². The number of halogens is 3. The normalized spacial score (nSPS) is 14.0. The number of hydrogen-bond acceptors (Lipinski definition) is 5. The largest absolute Gasteiger partial charge is 0.403 e. The summed E-state index contributed by atoms with van der Waals surface area (Å²) >= 11 is 0. The molecule has 1 aliphatic rings. The third kappa shape index (κ3) is 3.27. The second-order valence-electron chi connectivity index (χ2n) is 5.04. The number of aromatic nitrogens is 2. The van der Waals surface area contributed by atoms with Gasteiger partial charge in [0.15, 0.2) is 0 Å². The number of anilines is 1. The van der Waals surface area contributed by atoms with Crippen LogP contribution in [0, 0.1) is 5.82 Å². The minimum Gasteiger partial charge on any atom is -0.403 e. The molecule has 9 heteroatoms. The van der Waals surface area contributed by atoms with Gasteiger partial charge in [0.25, 0.3) is 6.43 Å². The number of nitrogens with one attached hydrogen (secondary N) is 1. The number of amides is 1. The molecule has 6 nitrogen and oxygen atoms in total. The molecule has 0 unspecified atom stereocenters. The molecule has 1 aromatic carbocycles. The van der Waals surface area contributed by atoms with Gasteiger partial charge in [0.05, 0.1) is 12.1 Å². The van der Waals surface area contributed by atoms with Gasteiger partial charge in [-0.15, -0.1) is 5.10 Å². The lowest BCUT2D eigenvalue weighted by atomic mass is 10.1. The highest BCUT2D eigenvalue weighted by Crippen LogP contribution is 2.27. The second-order valence-corrected chi connectivity index (χ2v) is 5.04. The minimum absolute atomic E-state index is 0.00668. The zero-order valence-corrected chi connectivity index (χ0v) is 11.9. The molecule has 23 heavy (non-hydrogen) atoms. The number of benzene rings is 1. The first-order valence-electron chi connectivity index (χ1n) is 6.97. The summed E-state index contributed by atoms with van der Waals surface area (Å²) < 4.78 is 43.8. The molecule has 2 heterocycles. The van der Waals surface area contributed by atoms with Gasteiger partial charge in [-0.05, 0) is 24.6 Å². The van der Waals surface area contributed by atoms with Gasteiger partial charge < -0.3 is 14.6 Å². The fourth-order valence-corrected chi connectivity index (χ4v) is 2.08. The predicted octanol–water partition coefficient (Wildman–Crippen LogP) is 2.46. The topological polar surface area (TPSA) is 71.3 Å². The Kier molecular flexibility index (Phi) is 4.18. The van der Waals surface area contributed by atoms with Gasteiger partial charge in [0.2, 0.25) is 11.8 Å². The summed E-state index contributed by atoms with van der Waals surface area (Å²) in [5.41, 5.74) is -0.506. The van der Waals surface area contributed by atoms with Crippen molar-refractivity contribution < 1.29 is 22.4 Å². The minimum atomic E-state index is -2.89. The van der Waals surface area contributed by atoms with Crippen LogP contribution in [0.4, 0.5) is 19.2 Å². The maximum atomic E-state index is 13.5. The molecule has 1 aliphatic heterocycles. The van der Waals surface area contributed by atoms with Crippen LogP contribution in [0.3, 0.4) is 0 Å². The second kappa shape index (κ2) is 6.27. The van der Waals surface area contributed by atoms with Crippen molar-refractivity contribution in [3.63, 3.8) is 0 Å². The van der Waals surface area contributed by atoms with Crippen LogP contribution in [0.1, 0.15) is 18.4 Å². The van der Waals surface area contributed by atoms with Crippen molar-refractivity contribution in [1.29, 1.82) is 0 Å². The van der Waals surface area contributed by atoms with Crippen molar-refractivity contribution in [2.45, 2.75) is 12.8 Å². The molecule has 0 spiro atoms. The maximum Gasteiger partial charge on any atom is 0.316 e. The Bertz CT molecular complexity index is 716. The van der Waals surface area contributed by atoms with E-state index in [1.165, 1.54) is 6.07 Å². The van der Waals surface area contributed by atoms with Gasteiger partial charge in [0, 0.05) is 18.7 Å². The van der Waals surface area contributed by atoms with Crippen LogP contribution in [0.25, 0.3) is 11.5 Å². The lowest BCUT2D eigenvalue weighted by Gasteiger charge is -2.30. The highest BCUT2D eigenvalue weighted by molar-refractivity contribution is 5.80. The SMILES string of the molecule is O=C(CNc1nnc(-c2ccc(C(F)F)c(F)c2)o1)N1CCC1. The van der Waals surface area contributed by atoms with Crippen molar-refractivity contribution in [3.8, 4) is 11.5 Å². The van der Waals surface area contributed by atoms with Crippen LogP contribution in [-0.4, -0.2) is 40.6 Å². The van der Waals surface area contributed by atoms with Gasteiger partial charge in [-0.2, -0.15) is 0 Å².